The molecule has 3 amide bonds. The van der Waals surface area contributed by atoms with Crippen LogP contribution >= 0.6 is 0 Å². The number of urea groups is 1. The normalized spacial score (nSPS) is 11.4. The first-order valence-electron chi connectivity index (χ1n) is 10.1. The molecule has 30 heavy (non-hydrogen) atoms. The second-order valence-corrected chi connectivity index (χ2v) is 7.23. The first-order chi connectivity index (χ1) is 14.6. The summed E-state index contributed by atoms with van der Waals surface area (Å²) in [5.41, 5.74) is 3.93. The van der Waals surface area contributed by atoms with E-state index < -0.39 is 12.1 Å². The van der Waals surface area contributed by atoms with Gasteiger partial charge in [0.2, 0.25) is 5.91 Å². The van der Waals surface area contributed by atoms with Crippen LogP contribution in [0.2, 0.25) is 0 Å². The molecule has 0 spiro atoms. The van der Waals surface area contributed by atoms with E-state index >= 15 is 0 Å². The lowest BCUT2D eigenvalue weighted by Gasteiger charge is -2.19. The fourth-order valence-electron chi connectivity index (χ4n) is 3.12. The Bertz CT molecular complexity index is 941. The summed E-state index contributed by atoms with van der Waals surface area (Å²) in [6.07, 6.45) is 1.15. The van der Waals surface area contributed by atoms with Crippen molar-refractivity contribution in [2.45, 2.75) is 25.8 Å². The maximum absolute atomic E-state index is 12.8. The van der Waals surface area contributed by atoms with E-state index in [9.17, 15) is 9.59 Å². The molecule has 3 rings (SSSR count). The Labute approximate surface area is 177 Å². The summed E-state index contributed by atoms with van der Waals surface area (Å²) in [7, 11) is 0. The van der Waals surface area contributed by atoms with Crippen LogP contribution in [-0.2, 0) is 17.6 Å². The molecule has 0 saturated carbocycles. The molecule has 1 atom stereocenters. The lowest BCUT2D eigenvalue weighted by atomic mass is 10.1. The van der Waals surface area contributed by atoms with E-state index in [1.54, 1.807) is 0 Å². The van der Waals surface area contributed by atoms with Crippen molar-refractivity contribution in [1.82, 2.24) is 10.6 Å². The molecule has 5 nitrogen and oxygen atoms in total. The lowest BCUT2D eigenvalue weighted by Crippen LogP contribution is -2.49. The fraction of sp³-hybridized carbons (Fsp3) is 0.200. The average Bonchev–Trinajstić information content (AvgIpc) is 2.76. The van der Waals surface area contributed by atoms with Crippen LogP contribution in [0.25, 0.3) is 0 Å². The molecule has 1 unspecified atom stereocenters. The van der Waals surface area contributed by atoms with Crippen LogP contribution in [0.1, 0.15) is 16.7 Å². The zero-order valence-electron chi connectivity index (χ0n) is 17.1. The highest BCUT2D eigenvalue weighted by Crippen LogP contribution is 2.09. The van der Waals surface area contributed by atoms with Gasteiger partial charge in [0.05, 0.1) is 0 Å². The predicted octanol–water partition coefficient (Wildman–Crippen LogP) is 4.09. The predicted molar refractivity (Wildman–Crippen MR) is 120 cm³/mol. The van der Waals surface area contributed by atoms with Crippen LogP contribution < -0.4 is 16.0 Å². The highest BCUT2D eigenvalue weighted by atomic mass is 16.2. The van der Waals surface area contributed by atoms with Crippen molar-refractivity contribution >= 4 is 17.6 Å². The molecule has 0 saturated heterocycles. The Morgan fingerprint density at radius 2 is 1.40 bits per heavy atom. The summed E-state index contributed by atoms with van der Waals surface area (Å²) in [4.78, 5) is 25.3. The minimum Gasteiger partial charge on any atom is -0.354 e. The van der Waals surface area contributed by atoms with Crippen LogP contribution in [0, 0.1) is 6.92 Å². The van der Waals surface area contributed by atoms with E-state index in [0.29, 0.717) is 18.7 Å². The molecule has 0 bridgehead atoms. The summed E-state index contributed by atoms with van der Waals surface area (Å²) < 4.78 is 0. The number of amides is 3. The molecule has 0 radical (unpaired) electrons. The van der Waals surface area contributed by atoms with E-state index in [4.69, 9.17) is 0 Å². The Kier molecular flexibility index (Phi) is 7.61. The third kappa shape index (κ3) is 6.78. The molecular weight excluding hydrogens is 374 g/mol. The van der Waals surface area contributed by atoms with Gasteiger partial charge < -0.3 is 16.0 Å². The number of hydrogen-bond donors (Lipinski definition) is 3. The minimum absolute atomic E-state index is 0.200. The van der Waals surface area contributed by atoms with Crippen molar-refractivity contribution in [2.75, 3.05) is 11.9 Å². The first kappa shape index (κ1) is 21.1. The number of anilines is 1. The maximum Gasteiger partial charge on any atom is 0.319 e. The summed E-state index contributed by atoms with van der Waals surface area (Å²) >= 11 is 0. The number of nitrogens with one attached hydrogen (secondary N) is 3. The van der Waals surface area contributed by atoms with E-state index in [-0.39, 0.29) is 5.91 Å². The molecule has 3 N–H and O–H groups in total. The Morgan fingerprint density at radius 1 is 0.800 bits per heavy atom. The van der Waals surface area contributed by atoms with E-state index in [2.05, 4.69) is 16.0 Å². The van der Waals surface area contributed by atoms with Gasteiger partial charge in [0.25, 0.3) is 0 Å². The van der Waals surface area contributed by atoms with Crippen molar-refractivity contribution in [2.24, 2.45) is 0 Å². The van der Waals surface area contributed by atoms with Gasteiger partial charge in [-0.25, -0.2) is 4.79 Å². The van der Waals surface area contributed by atoms with Gasteiger partial charge in [-0.3, -0.25) is 4.79 Å². The molecule has 0 fully saturated rings. The molecular formula is C25H27N3O2. The van der Waals surface area contributed by atoms with Gasteiger partial charge in [0.1, 0.15) is 6.04 Å². The topological polar surface area (TPSA) is 70.2 Å². The van der Waals surface area contributed by atoms with Crippen molar-refractivity contribution in [3.8, 4) is 0 Å². The average molecular weight is 402 g/mol. The Hall–Kier alpha value is -3.60. The summed E-state index contributed by atoms with van der Waals surface area (Å²) in [6, 6.07) is 26.1. The summed E-state index contributed by atoms with van der Waals surface area (Å²) in [6.45, 7) is 2.49. The number of aryl methyl sites for hydroxylation is 1. The number of carbonyl (C=O) groups excluding carboxylic acids is 2. The van der Waals surface area contributed by atoms with Crippen LogP contribution in [0.4, 0.5) is 10.5 Å². The number of benzene rings is 3. The molecule has 0 aromatic heterocycles. The van der Waals surface area contributed by atoms with Gasteiger partial charge >= 0.3 is 6.03 Å². The Balaban J connectivity index is 1.60. The molecule has 0 aliphatic carbocycles. The van der Waals surface area contributed by atoms with Gasteiger partial charge in [-0.1, -0.05) is 78.4 Å². The SMILES string of the molecule is Cc1ccc(NC(=O)NC(Cc2ccccc2)C(=O)NCCc2ccccc2)cc1. The van der Waals surface area contributed by atoms with E-state index in [1.807, 2.05) is 91.9 Å². The zero-order valence-corrected chi connectivity index (χ0v) is 17.1. The third-order valence-electron chi connectivity index (χ3n) is 4.77. The van der Waals surface area contributed by atoms with Crippen molar-refractivity contribution in [1.29, 1.82) is 0 Å². The van der Waals surface area contributed by atoms with Crippen LogP contribution in [0.5, 0.6) is 0 Å². The third-order valence-corrected chi connectivity index (χ3v) is 4.77. The van der Waals surface area contributed by atoms with Crippen molar-refractivity contribution in [3.63, 3.8) is 0 Å². The van der Waals surface area contributed by atoms with Crippen molar-refractivity contribution < 1.29 is 9.59 Å². The number of hydrogen-bond acceptors (Lipinski definition) is 2. The monoisotopic (exact) mass is 401 g/mol. The molecule has 3 aromatic rings. The van der Waals surface area contributed by atoms with E-state index in [1.165, 1.54) is 0 Å². The second kappa shape index (κ2) is 10.8. The lowest BCUT2D eigenvalue weighted by molar-refractivity contribution is -0.122. The maximum atomic E-state index is 12.8. The van der Waals surface area contributed by atoms with Gasteiger partial charge in [-0.2, -0.15) is 0 Å². The van der Waals surface area contributed by atoms with E-state index in [0.717, 1.165) is 23.1 Å². The van der Waals surface area contributed by atoms with Crippen molar-refractivity contribution in [3.05, 3.63) is 102 Å². The molecule has 3 aromatic carbocycles. The highest BCUT2D eigenvalue weighted by molar-refractivity contribution is 5.93. The first-order valence-corrected chi connectivity index (χ1v) is 10.1. The van der Waals surface area contributed by atoms with Crippen LogP contribution in [0.3, 0.4) is 0 Å². The zero-order chi connectivity index (χ0) is 21.2. The molecule has 154 valence electrons. The van der Waals surface area contributed by atoms with Gasteiger partial charge in [0.15, 0.2) is 0 Å². The summed E-state index contributed by atoms with van der Waals surface area (Å²) in [5.74, 6) is -0.200. The Morgan fingerprint density at radius 3 is 2.03 bits per heavy atom. The van der Waals surface area contributed by atoms with Crippen LogP contribution in [0.15, 0.2) is 84.9 Å². The largest absolute Gasteiger partial charge is 0.354 e. The second-order valence-electron chi connectivity index (χ2n) is 7.23. The molecule has 0 heterocycles. The minimum atomic E-state index is -0.673. The standard InChI is InChI=1S/C25H27N3O2/c1-19-12-14-22(15-13-19)27-25(30)28-23(18-21-10-6-3-7-11-21)24(29)26-17-16-20-8-4-2-5-9-20/h2-15,23H,16-18H2,1H3,(H,26,29)(H2,27,28,30). The summed E-state index contributed by atoms with van der Waals surface area (Å²) in [5, 5.41) is 8.55. The fourth-order valence-corrected chi connectivity index (χ4v) is 3.12. The quantitative estimate of drug-likeness (QED) is 0.532. The molecule has 0 aliphatic rings. The van der Waals surface area contributed by atoms with Gasteiger partial charge in [-0.05, 0) is 36.6 Å². The number of carbonyl (C=O) groups is 2. The smallest absolute Gasteiger partial charge is 0.319 e. The molecule has 5 heteroatoms. The van der Waals surface area contributed by atoms with Gasteiger partial charge in [-0.15, -0.1) is 0 Å². The van der Waals surface area contributed by atoms with Crippen LogP contribution in [-0.4, -0.2) is 24.5 Å². The molecule has 0 aliphatic heterocycles. The highest BCUT2D eigenvalue weighted by Gasteiger charge is 2.21. The van der Waals surface area contributed by atoms with Gasteiger partial charge in [0, 0.05) is 18.7 Å². The number of rotatable bonds is 8.